The van der Waals surface area contributed by atoms with Crippen molar-refractivity contribution in [1.29, 1.82) is 0 Å². The van der Waals surface area contributed by atoms with Crippen molar-refractivity contribution < 1.29 is 5.21 Å². The molecule has 0 bridgehead atoms. The third-order valence-electron chi connectivity index (χ3n) is 3.36. The van der Waals surface area contributed by atoms with Crippen LogP contribution >= 0.6 is 0 Å². The van der Waals surface area contributed by atoms with E-state index in [0.717, 1.165) is 6.54 Å². The van der Waals surface area contributed by atoms with Crippen molar-refractivity contribution in [1.82, 2.24) is 4.90 Å². The Labute approximate surface area is 92.1 Å². The van der Waals surface area contributed by atoms with Crippen molar-refractivity contribution in [3.8, 4) is 0 Å². The van der Waals surface area contributed by atoms with Crippen molar-refractivity contribution >= 4 is 5.84 Å². The van der Waals surface area contributed by atoms with Gasteiger partial charge < -0.3 is 10.9 Å². The van der Waals surface area contributed by atoms with Crippen molar-refractivity contribution in [3.63, 3.8) is 0 Å². The molecule has 15 heavy (non-hydrogen) atoms. The number of amidine groups is 1. The molecule has 1 unspecified atom stereocenters. The fourth-order valence-corrected chi connectivity index (χ4v) is 2.63. The molecule has 0 radical (unpaired) electrons. The second-order valence-corrected chi connectivity index (χ2v) is 4.41. The molecule has 88 valence electrons. The van der Waals surface area contributed by atoms with E-state index in [-0.39, 0.29) is 0 Å². The average molecular weight is 213 g/mol. The maximum absolute atomic E-state index is 8.55. The summed E-state index contributed by atoms with van der Waals surface area (Å²) in [6, 6.07) is 1.07. The highest BCUT2D eigenvalue weighted by Gasteiger charge is 2.25. The first-order valence-corrected chi connectivity index (χ1v) is 5.91. The third kappa shape index (κ3) is 3.38. The number of nitrogens with zero attached hydrogens (tertiary/aromatic N) is 2. The Balaban J connectivity index is 2.49. The molecule has 4 heteroatoms. The Kier molecular flexibility index (Phi) is 4.88. The van der Waals surface area contributed by atoms with Crippen LogP contribution in [0.4, 0.5) is 0 Å². The van der Waals surface area contributed by atoms with Crippen molar-refractivity contribution in [2.45, 2.75) is 58.0 Å². The molecule has 0 aromatic carbocycles. The second-order valence-electron chi connectivity index (χ2n) is 4.41. The summed E-state index contributed by atoms with van der Waals surface area (Å²) in [5.41, 5.74) is 5.54. The van der Waals surface area contributed by atoms with E-state index in [0.29, 0.717) is 24.3 Å². The van der Waals surface area contributed by atoms with Crippen LogP contribution in [-0.4, -0.2) is 34.6 Å². The van der Waals surface area contributed by atoms with Gasteiger partial charge in [-0.15, -0.1) is 0 Å². The minimum atomic E-state index is 0.332. The lowest BCUT2D eigenvalue weighted by atomic mass is 10.1. The molecule has 3 N–H and O–H groups in total. The van der Waals surface area contributed by atoms with Gasteiger partial charge >= 0.3 is 0 Å². The smallest absolute Gasteiger partial charge is 0.140 e. The third-order valence-corrected chi connectivity index (χ3v) is 3.36. The lowest BCUT2D eigenvalue weighted by molar-refractivity contribution is 0.156. The fourth-order valence-electron chi connectivity index (χ4n) is 2.63. The topological polar surface area (TPSA) is 61.8 Å². The predicted molar refractivity (Wildman–Crippen MR) is 62.1 cm³/mol. The van der Waals surface area contributed by atoms with Crippen LogP contribution < -0.4 is 5.73 Å². The Bertz CT molecular complexity index is 212. The number of rotatable bonds is 5. The summed E-state index contributed by atoms with van der Waals surface area (Å²) in [4.78, 5) is 2.48. The molecule has 1 fully saturated rings. The standard InChI is InChI=1S/C11H23N3O/c1-3-14(10-6-4-5-7-10)9(2)8-11(12)13-15/h9-10,15H,3-8H2,1-2H3,(H2,12,13). The quantitative estimate of drug-likeness (QED) is 0.317. The summed E-state index contributed by atoms with van der Waals surface area (Å²) in [6.07, 6.45) is 5.94. The molecule has 4 nitrogen and oxygen atoms in total. The summed E-state index contributed by atoms with van der Waals surface area (Å²) in [6.45, 7) is 5.38. The van der Waals surface area contributed by atoms with E-state index in [4.69, 9.17) is 10.9 Å². The zero-order valence-corrected chi connectivity index (χ0v) is 9.82. The van der Waals surface area contributed by atoms with Gasteiger partial charge in [-0.25, -0.2) is 0 Å². The zero-order valence-electron chi connectivity index (χ0n) is 9.82. The van der Waals surface area contributed by atoms with E-state index in [1.807, 2.05) is 0 Å². The van der Waals surface area contributed by atoms with E-state index in [2.05, 4.69) is 23.9 Å². The van der Waals surface area contributed by atoms with Gasteiger partial charge in [-0.3, -0.25) is 4.90 Å². The van der Waals surface area contributed by atoms with Crippen LogP contribution in [0.1, 0.15) is 46.0 Å². The van der Waals surface area contributed by atoms with E-state index in [9.17, 15) is 0 Å². The Morgan fingerprint density at radius 2 is 2.13 bits per heavy atom. The van der Waals surface area contributed by atoms with Crippen molar-refractivity contribution in [2.24, 2.45) is 10.9 Å². The predicted octanol–water partition coefficient (Wildman–Crippen LogP) is 1.78. The highest BCUT2D eigenvalue weighted by Crippen LogP contribution is 2.25. The summed E-state index contributed by atoms with van der Waals surface area (Å²) >= 11 is 0. The molecule has 0 aliphatic heterocycles. The van der Waals surface area contributed by atoms with Gasteiger partial charge in [0, 0.05) is 18.5 Å². The van der Waals surface area contributed by atoms with E-state index < -0.39 is 0 Å². The van der Waals surface area contributed by atoms with E-state index >= 15 is 0 Å². The lowest BCUT2D eigenvalue weighted by Crippen LogP contribution is -2.42. The monoisotopic (exact) mass is 213 g/mol. The second kappa shape index (κ2) is 5.95. The van der Waals surface area contributed by atoms with Gasteiger partial charge in [-0.05, 0) is 26.3 Å². The largest absolute Gasteiger partial charge is 0.409 e. The number of hydrogen-bond donors (Lipinski definition) is 2. The molecule has 0 aromatic heterocycles. The van der Waals surface area contributed by atoms with Crippen molar-refractivity contribution in [2.75, 3.05) is 6.54 Å². The number of nitrogens with two attached hydrogens (primary N) is 1. The van der Waals surface area contributed by atoms with Crippen LogP contribution in [0.2, 0.25) is 0 Å². The Hall–Kier alpha value is -0.770. The van der Waals surface area contributed by atoms with Gasteiger partial charge in [0.1, 0.15) is 5.84 Å². The highest BCUT2D eigenvalue weighted by atomic mass is 16.4. The molecule has 1 rings (SSSR count). The van der Waals surface area contributed by atoms with Gasteiger partial charge in [-0.2, -0.15) is 0 Å². The summed E-state index contributed by atoms with van der Waals surface area (Å²) in [5.74, 6) is 0.332. The molecule has 1 saturated carbocycles. The summed E-state index contributed by atoms with van der Waals surface area (Å²) in [7, 11) is 0. The maximum Gasteiger partial charge on any atom is 0.140 e. The summed E-state index contributed by atoms with van der Waals surface area (Å²) < 4.78 is 0. The lowest BCUT2D eigenvalue weighted by Gasteiger charge is -2.33. The number of oxime groups is 1. The zero-order chi connectivity index (χ0) is 11.3. The van der Waals surface area contributed by atoms with Gasteiger partial charge in [0.25, 0.3) is 0 Å². The minimum Gasteiger partial charge on any atom is -0.409 e. The van der Waals surface area contributed by atoms with Gasteiger partial charge in [-0.1, -0.05) is 24.9 Å². The molecule has 0 aromatic rings. The Morgan fingerprint density at radius 3 is 2.60 bits per heavy atom. The minimum absolute atomic E-state index is 0.332. The first-order valence-electron chi connectivity index (χ1n) is 5.91. The van der Waals surface area contributed by atoms with Crippen LogP contribution in [-0.2, 0) is 0 Å². The first kappa shape index (κ1) is 12.3. The average Bonchev–Trinajstić information content (AvgIpc) is 2.72. The molecule has 0 saturated heterocycles. The molecule has 0 heterocycles. The van der Waals surface area contributed by atoms with Crippen LogP contribution in [0.25, 0.3) is 0 Å². The molecule has 0 amide bonds. The normalized spacial score (nSPS) is 21.1. The molecule has 1 aliphatic rings. The molecule has 0 spiro atoms. The Morgan fingerprint density at radius 1 is 1.53 bits per heavy atom. The molecule has 1 aliphatic carbocycles. The van der Waals surface area contributed by atoms with E-state index in [1.165, 1.54) is 25.7 Å². The van der Waals surface area contributed by atoms with Crippen LogP contribution in [0.3, 0.4) is 0 Å². The van der Waals surface area contributed by atoms with E-state index in [1.54, 1.807) is 0 Å². The molecule has 1 atom stereocenters. The molecular weight excluding hydrogens is 190 g/mol. The SMILES string of the molecule is CCN(C(C)CC(N)=NO)C1CCCC1. The molecular formula is C11H23N3O. The van der Waals surface area contributed by atoms with Crippen LogP contribution in [0.15, 0.2) is 5.16 Å². The van der Waals surface area contributed by atoms with Gasteiger partial charge in [0.2, 0.25) is 0 Å². The van der Waals surface area contributed by atoms with Crippen LogP contribution in [0.5, 0.6) is 0 Å². The summed E-state index contributed by atoms with van der Waals surface area (Å²) in [5, 5.41) is 11.6. The highest BCUT2D eigenvalue weighted by molar-refractivity contribution is 5.80. The van der Waals surface area contributed by atoms with Gasteiger partial charge in [0.05, 0.1) is 0 Å². The van der Waals surface area contributed by atoms with Crippen LogP contribution in [0, 0.1) is 0 Å². The number of hydrogen-bond acceptors (Lipinski definition) is 3. The maximum atomic E-state index is 8.55. The first-order chi connectivity index (χ1) is 7.19. The fraction of sp³-hybridized carbons (Fsp3) is 0.909. The van der Waals surface area contributed by atoms with Crippen molar-refractivity contribution in [3.05, 3.63) is 0 Å². The van der Waals surface area contributed by atoms with Gasteiger partial charge in [0.15, 0.2) is 0 Å².